The highest BCUT2D eigenvalue weighted by molar-refractivity contribution is 5.81. The molecular weight excluding hydrogens is 228 g/mol. The Hall–Kier alpha value is -1.29. The van der Waals surface area contributed by atoms with Crippen LogP contribution in [0.15, 0.2) is 16.5 Å². The summed E-state index contributed by atoms with van der Waals surface area (Å²) in [6, 6.07) is 3.58. The summed E-state index contributed by atoms with van der Waals surface area (Å²) in [4.78, 5) is 13.5. The van der Waals surface area contributed by atoms with Crippen LogP contribution < -0.4 is 5.73 Å². The summed E-state index contributed by atoms with van der Waals surface area (Å²) in [7, 11) is 1.76. The molecule has 1 aliphatic rings. The zero-order chi connectivity index (χ0) is 13.3. The molecule has 1 heterocycles. The minimum absolute atomic E-state index is 0.0322. The predicted molar refractivity (Wildman–Crippen MR) is 70.0 cm³/mol. The summed E-state index contributed by atoms with van der Waals surface area (Å²) >= 11 is 0. The van der Waals surface area contributed by atoms with E-state index < -0.39 is 6.04 Å². The Balaban J connectivity index is 1.92. The first kappa shape index (κ1) is 13.1. The van der Waals surface area contributed by atoms with Gasteiger partial charge in [0.1, 0.15) is 11.5 Å². The van der Waals surface area contributed by atoms with Crippen molar-refractivity contribution in [3.05, 3.63) is 23.7 Å². The van der Waals surface area contributed by atoms with Crippen LogP contribution in [-0.2, 0) is 11.3 Å². The van der Waals surface area contributed by atoms with Gasteiger partial charge in [0.25, 0.3) is 0 Å². The number of carbonyl (C=O) groups is 1. The molecule has 2 N–H and O–H groups in total. The minimum Gasteiger partial charge on any atom is -0.464 e. The molecule has 1 fully saturated rings. The molecule has 2 rings (SSSR count). The van der Waals surface area contributed by atoms with Crippen LogP contribution in [0.4, 0.5) is 0 Å². The fourth-order valence-electron chi connectivity index (χ4n) is 2.17. The van der Waals surface area contributed by atoms with Crippen molar-refractivity contribution in [3.8, 4) is 0 Å². The second kappa shape index (κ2) is 5.14. The van der Waals surface area contributed by atoms with E-state index in [0.717, 1.165) is 17.4 Å². The van der Waals surface area contributed by atoms with E-state index in [2.05, 4.69) is 6.92 Å². The van der Waals surface area contributed by atoms with Crippen LogP contribution in [-0.4, -0.2) is 23.9 Å². The first-order valence-corrected chi connectivity index (χ1v) is 6.62. The highest BCUT2D eigenvalue weighted by Gasteiger charge is 2.36. The topological polar surface area (TPSA) is 59.5 Å². The number of hydrogen-bond donors (Lipinski definition) is 1. The summed E-state index contributed by atoms with van der Waals surface area (Å²) in [6.07, 6.45) is 1.87. The first-order chi connectivity index (χ1) is 8.52. The zero-order valence-electron chi connectivity index (χ0n) is 11.3. The SMILES string of the molecule is CC[C@@H](N)C(=O)N(C)Cc1ccc(C2CC2C)o1. The maximum absolute atomic E-state index is 11.8. The van der Waals surface area contributed by atoms with E-state index in [1.165, 1.54) is 6.42 Å². The molecule has 2 unspecified atom stereocenters. The van der Waals surface area contributed by atoms with Gasteiger partial charge in [-0.1, -0.05) is 13.8 Å². The number of nitrogens with zero attached hydrogens (tertiary/aromatic N) is 1. The Morgan fingerprint density at radius 1 is 1.61 bits per heavy atom. The van der Waals surface area contributed by atoms with E-state index in [0.29, 0.717) is 18.9 Å². The Bertz CT molecular complexity index is 427. The van der Waals surface area contributed by atoms with Crippen molar-refractivity contribution in [2.75, 3.05) is 7.05 Å². The number of furan rings is 1. The molecule has 0 saturated heterocycles. The average Bonchev–Trinajstić information content (AvgIpc) is 2.90. The van der Waals surface area contributed by atoms with E-state index in [4.69, 9.17) is 10.2 Å². The van der Waals surface area contributed by atoms with Crippen molar-refractivity contribution >= 4 is 5.91 Å². The normalized spacial score (nSPS) is 23.8. The van der Waals surface area contributed by atoms with E-state index in [-0.39, 0.29) is 5.91 Å². The van der Waals surface area contributed by atoms with Gasteiger partial charge in [0, 0.05) is 13.0 Å². The number of likely N-dealkylation sites (N-methyl/N-ethyl adjacent to an activating group) is 1. The van der Waals surface area contributed by atoms with Crippen molar-refractivity contribution in [2.24, 2.45) is 11.7 Å². The van der Waals surface area contributed by atoms with Crippen LogP contribution >= 0.6 is 0 Å². The molecule has 0 aromatic carbocycles. The molecule has 3 atom stereocenters. The monoisotopic (exact) mass is 250 g/mol. The van der Waals surface area contributed by atoms with Gasteiger partial charge < -0.3 is 15.1 Å². The number of hydrogen-bond acceptors (Lipinski definition) is 3. The zero-order valence-corrected chi connectivity index (χ0v) is 11.3. The first-order valence-electron chi connectivity index (χ1n) is 6.62. The molecule has 0 aliphatic heterocycles. The lowest BCUT2D eigenvalue weighted by Crippen LogP contribution is -2.40. The summed E-state index contributed by atoms with van der Waals surface area (Å²) in [5.41, 5.74) is 5.73. The van der Waals surface area contributed by atoms with Gasteiger partial charge in [0.05, 0.1) is 12.6 Å². The van der Waals surface area contributed by atoms with Crippen LogP contribution in [0.2, 0.25) is 0 Å². The highest BCUT2D eigenvalue weighted by atomic mass is 16.3. The standard InChI is InChI=1S/C14H22N2O2/c1-4-12(15)14(17)16(3)8-10-5-6-13(18-10)11-7-9(11)2/h5-6,9,11-12H,4,7-8,15H2,1-3H3/t9?,11?,12-/m1/s1. The van der Waals surface area contributed by atoms with Gasteiger partial charge in [-0.3, -0.25) is 4.79 Å². The molecule has 4 heteroatoms. The van der Waals surface area contributed by atoms with Gasteiger partial charge in [0.15, 0.2) is 0 Å². The molecule has 1 saturated carbocycles. The molecule has 18 heavy (non-hydrogen) atoms. The van der Waals surface area contributed by atoms with Crippen molar-refractivity contribution in [1.82, 2.24) is 4.90 Å². The molecule has 4 nitrogen and oxygen atoms in total. The van der Waals surface area contributed by atoms with Crippen LogP contribution in [0, 0.1) is 5.92 Å². The second-order valence-corrected chi connectivity index (χ2v) is 5.33. The van der Waals surface area contributed by atoms with Gasteiger partial charge in [-0.2, -0.15) is 0 Å². The van der Waals surface area contributed by atoms with Crippen LogP contribution in [0.1, 0.15) is 44.1 Å². The lowest BCUT2D eigenvalue weighted by atomic mass is 10.2. The second-order valence-electron chi connectivity index (χ2n) is 5.33. The van der Waals surface area contributed by atoms with Gasteiger partial charge >= 0.3 is 0 Å². The maximum atomic E-state index is 11.8. The summed E-state index contributed by atoms with van der Waals surface area (Å²) in [5, 5.41) is 0. The van der Waals surface area contributed by atoms with Crippen molar-refractivity contribution in [2.45, 2.75) is 45.2 Å². The quantitative estimate of drug-likeness (QED) is 0.870. The molecule has 0 radical (unpaired) electrons. The predicted octanol–water partition coefficient (Wildman–Crippen LogP) is 2.10. The van der Waals surface area contributed by atoms with Gasteiger partial charge in [0.2, 0.25) is 5.91 Å². The molecule has 0 bridgehead atoms. The summed E-state index contributed by atoms with van der Waals surface area (Å²) in [5.74, 6) is 3.17. The van der Waals surface area contributed by atoms with Crippen LogP contribution in [0.25, 0.3) is 0 Å². The van der Waals surface area contributed by atoms with E-state index >= 15 is 0 Å². The number of amides is 1. The third-order valence-electron chi connectivity index (χ3n) is 3.68. The van der Waals surface area contributed by atoms with E-state index in [1.54, 1.807) is 11.9 Å². The number of carbonyl (C=O) groups excluding carboxylic acids is 1. The molecule has 1 aromatic heterocycles. The lowest BCUT2D eigenvalue weighted by molar-refractivity contribution is -0.132. The lowest BCUT2D eigenvalue weighted by Gasteiger charge is -2.19. The molecular formula is C14H22N2O2. The Morgan fingerprint density at radius 3 is 2.83 bits per heavy atom. The van der Waals surface area contributed by atoms with Crippen molar-refractivity contribution < 1.29 is 9.21 Å². The molecule has 1 aromatic rings. The van der Waals surface area contributed by atoms with Crippen LogP contribution in [0.5, 0.6) is 0 Å². The molecule has 100 valence electrons. The number of nitrogens with two attached hydrogens (primary N) is 1. The molecule has 1 aliphatic carbocycles. The highest BCUT2D eigenvalue weighted by Crippen LogP contribution is 2.47. The average molecular weight is 250 g/mol. The third-order valence-corrected chi connectivity index (χ3v) is 3.68. The molecule has 0 spiro atoms. The molecule has 1 amide bonds. The van der Waals surface area contributed by atoms with Gasteiger partial charge in [-0.05, 0) is 30.9 Å². The maximum Gasteiger partial charge on any atom is 0.239 e. The minimum atomic E-state index is -0.409. The van der Waals surface area contributed by atoms with Crippen molar-refractivity contribution in [1.29, 1.82) is 0 Å². The van der Waals surface area contributed by atoms with E-state index in [1.807, 2.05) is 19.1 Å². The Kier molecular flexibility index (Phi) is 3.76. The van der Waals surface area contributed by atoms with Crippen molar-refractivity contribution in [3.63, 3.8) is 0 Å². The largest absolute Gasteiger partial charge is 0.464 e. The van der Waals surface area contributed by atoms with Crippen LogP contribution in [0.3, 0.4) is 0 Å². The summed E-state index contributed by atoms with van der Waals surface area (Å²) < 4.78 is 5.78. The van der Waals surface area contributed by atoms with Gasteiger partial charge in [-0.15, -0.1) is 0 Å². The smallest absolute Gasteiger partial charge is 0.239 e. The number of rotatable bonds is 5. The Labute approximate surface area is 108 Å². The van der Waals surface area contributed by atoms with E-state index in [9.17, 15) is 4.79 Å². The Morgan fingerprint density at radius 2 is 2.28 bits per heavy atom. The summed E-state index contributed by atoms with van der Waals surface area (Å²) in [6.45, 7) is 4.63. The fourth-order valence-corrected chi connectivity index (χ4v) is 2.17. The third kappa shape index (κ3) is 2.75. The van der Waals surface area contributed by atoms with Gasteiger partial charge in [-0.25, -0.2) is 0 Å². The fraction of sp³-hybridized carbons (Fsp3) is 0.643.